The van der Waals surface area contributed by atoms with E-state index in [1.165, 1.54) is 11.1 Å². The minimum absolute atomic E-state index is 0.0749. The molecule has 2 heteroatoms. The van der Waals surface area contributed by atoms with Crippen LogP contribution in [0.1, 0.15) is 70.1 Å². The van der Waals surface area contributed by atoms with Gasteiger partial charge in [-0.2, -0.15) is 0 Å². The van der Waals surface area contributed by atoms with Gasteiger partial charge < -0.3 is 5.11 Å². The van der Waals surface area contributed by atoms with E-state index in [1.54, 1.807) is 0 Å². The van der Waals surface area contributed by atoms with Gasteiger partial charge in [0.2, 0.25) is 0 Å². The number of phenolic OH excluding ortho intramolecular Hbond substituents is 1. The number of benzene rings is 1. The van der Waals surface area contributed by atoms with Crippen LogP contribution >= 0.6 is 0 Å². The summed E-state index contributed by atoms with van der Waals surface area (Å²) in [5.41, 5.74) is 2.98. The van der Waals surface area contributed by atoms with Gasteiger partial charge >= 0.3 is 0 Å². The number of fused-ring (bicyclic) bond motifs is 3. The molecule has 2 aliphatic carbocycles. The molecular weight excluding hydrogens is 272 g/mol. The fourth-order valence-electron chi connectivity index (χ4n) is 4.49. The van der Waals surface area contributed by atoms with Crippen molar-refractivity contribution in [3.05, 3.63) is 34.9 Å². The van der Waals surface area contributed by atoms with E-state index in [0.717, 1.165) is 12.0 Å². The molecule has 2 nitrogen and oxygen atoms in total. The largest absolute Gasteiger partial charge is 0.508 e. The van der Waals surface area contributed by atoms with Gasteiger partial charge in [-0.15, -0.1) is 0 Å². The van der Waals surface area contributed by atoms with Gasteiger partial charge in [-0.25, -0.2) is 0 Å². The maximum atomic E-state index is 12.4. The fraction of sp³-hybridized carbons (Fsp3) is 0.550. The number of aromatic hydroxyl groups is 1. The number of carbonyl (C=O) groups is 1. The lowest BCUT2D eigenvalue weighted by Crippen LogP contribution is -2.50. The first-order valence-corrected chi connectivity index (χ1v) is 8.27. The summed E-state index contributed by atoms with van der Waals surface area (Å²) in [6.07, 6.45) is 5.85. The van der Waals surface area contributed by atoms with Crippen molar-refractivity contribution in [1.29, 1.82) is 0 Å². The van der Waals surface area contributed by atoms with Crippen molar-refractivity contribution in [3.8, 4) is 5.75 Å². The molecule has 2 unspecified atom stereocenters. The van der Waals surface area contributed by atoms with E-state index in [-0.39, 0.29) is 16.7 Å². The first-order chi connectivity index (χ1) is 10.2. The molecule has 0 amide bonds. The fourth-order valence-corrected chi connectivity index (χ4v) is 4.49. The summed E-state index contributed by atoms with van der Waals surface area (Å²) in [7, 11) is 0. The summed E-state index contributed by atoms with van der Waals surface area (Å²) in [6, 6.07) is 4.07. The molecule has 0 bridgehead atoms. The van der Waals surface area contributed by atoms with Crippen molar-refractivity contribution >= 4 is 11.9 Å². The predicted octanol–water partition coefficient (Wildman–Crippen LogP) is 4.81. The van der Waals surface area contributed by atoms with Crippen LogP contribution in [0.15, 0.2) is 18.2 Å². The first-order valence-electron chi connectivity index (χ1n) is 8.27. The smallest absolute Gasteiger partial charge is 0.139 e. The second-order valence-corrected chi connectivity index (χ2v) is 8.05. The van der Waals surface area contributed by atoms with Crippen molar-refractivity contribution in [2.45, 2.75) is 58.8 Å². The van der Waals surface area contributed by atoms with Gasteiger partial charge in [0, 0.05) is 17.3 Å². The van der Waals surface area contributed by atoms with Gasteiger partial charge in [-0.3, -0.25) is 4.79 Å². The van der Waals surface area contributed by atoms with E-state index in [0.29, 0.717) is 23.9 Å². The summed E-state index contributed by atoms with van der Waals surface area (Å²) in [4.78, 5) is 12.4. The molecule has 1 N–H and O–H groups in total. The van der Waals surface area contributed by atoms with Gasteiger partial charge in [-0.1, -0.05) is 46.8 Å². The van der Waals surface area contributed by atoms with Crippen molar-refractivity contribution < 1.29 is 9.90 Å². The van der Waals surface area contributed by atoms with Crippen molar-refractivity contribution in [2.24, 2.45) is 11.3 Å². The molecule has 0 radical (unpaired) electrons. The highest BCUT2D eigenvalue weighted by atomic mass is 16.3. The summed E-state index contributed by atoms with van der Waals surface area (Å²) in [5.74, 6) is 1.23. The predicted molar refractivity (Wildman–Crippen MR) is 90.1 cm³/mol. The normalized spacial score (nSPS) is 29.4. The van der Waals surface area contributed by atoms with Crippen LogP contribution in [0.4, 0.5) is 0 Å². The van der Waals surface area contributed by atoms with Crippen LogP contribution in [0.25, 0.3) is 6.08 Å². The molecule has 1 aromatic rings. The Hall–Kier alpha value is -1.57. The molecule has 2 atom stereocenters. The molecule has 0 spiro atoms. The Morgan fingerprint density at radius 3 is 2.55 bits per heavy atom. The molecule has 0 saturated heterocycles. The Bertz CT molecular complexity index is 667. The van der Waals surface area contributed by atoms with Crippen molar-refractivity contribution in [1.82, 2.24) is 0 Å². The number of ketones is 1. The standard InChI is InChI=1S/C20H26O2/c1-12(2)14-10-13-6-7-17-19(3,4)18(22)8-9-20(17,5)15(13)11-16(14)21/h6-7,10-12,17,21H,8-9H2,1-5H3. The quantitative estimate of drug-likeness (QED) is 0.808. The minimum atomic E-state index is -0.340. The van der Waals surface area contributed by atoms with Gasteiger partial charge in [0.1, 0.15) is 11.5 Å². The minimum Gasteiger partial charge on any atom is -0.508 e. The summed E-state index contributed by atoms with van der Waals surface area (Å²) < 4.78 is 0. The number of phenols is 1. The molecule has 118 valence electrons. The Kier molecular flexibility index (Phi) is 3.28. The first kappa shape index (κ1) is 15.3. The number of carbonyl (C=O) groups excluding carboxylic acids is 1. The van der Waals surface area contributed by atoms with Crippen LogP contribution in [0, 0.1) is 11.3 Å². The van der Waals surface area contributed by atoms with Crippen LogP contribution in [-0.2, 0) is 10.2 Å². The number of hydrogen-bond acceptors (Lipinski definition) is 2. The average molecular weight is 298 g/mol. The van der Waals surface area contributed by atoms with Gasteiger partial charge in [-0.05, 0) is 47.1 Å². The monoisotopic (exact) mass is 298 g/mol. The topological polar surface area (TPSA) is 37.3 Å². The lowest BCUT2D eigenvalue weighted by atomic mass is 9.52. The van der Waals surface area contributed by atoms with E-state index in [2.05, 4.69) is 52.8 Å². The van der Waals surface area contributed by atoms with Gasteiger partial charge in [0.15, 0.2) is 0 Å². The highest BCUT2D eigenvalue weighted by Gasteiger charge is 2.52. The molecular formula is C20H26O2. The molecule has 0 aliphatic heterocycles. The third-order valence-electron chi connectivity index (χ3n) is 5.96. The lowest BCUT2D eigenvalue weighted by Gasteiger charge is -2.51. The number of allylic oxidation sites excluding steroid dienone is 1. The summed E-state index contributed by atoms with van der Waals surface area (Å²) >= 11 is 0. The average Bonchev–Trinajstić information content (AvgIpc) is 2.43. The Morgan fingerprint density at radius 2 is 1.91 bits per heavy atom. The number of hydrogen-bond donors (Lipinski definition) is 1. The second kappa shape index (κ2) is 4.71. The van der Waals surface area contributed by atoms with Gasteiger partial charge in [0.05, 0.1) is 0 Å². The molecule has 3 rings (SSSR count). The third-order valence-corrected chi connectivity index (χ3v) is 5.96. The summed E-state index contributed by atoms with van der Waals surface area (Å²) in [6.45, 7) is 10.6. The summed E-state index contributed by atoms with van der Waals surface area (Å²) in [5, 5.41) is 10.4. The van der Waals surface area contributed by atoms with Crippen LogP contribution in [0.3, 0.4) is 0 Å². The van der Waals surface area contributed by atoms with Crippen molar-refractivity contribution in [2.75, 3.05) is 0 Å². The van der Waals surface area contributed by atoms with Crippen LogP contribution in [-0.4, -0.2) is 10.9 Å². The molecule has 1 saturated carbocycles. The van der Waals surface area contributed by atoms with Crippen LogP contribution in [0.2, 0.25) is 0 Å². The van der Waals surface area contributed by atoms with Gasteiger partial charge in [0.25, 0.3) is 0 Å². The lowest BCUT2D eigenvalue weighted by molar-refractivity contribution is -0.134. The Labute approximate surface area is 133 Å². The molecule has 0 heterocycles. The molecule has 1 aromatic carbocycles. The Morgan fingerprint density at radius 1 is 1.23 bits per heavy atom. The molecule has 0 aromatic heterocycles. The molecule has 1 fully saturated rings. The molecule has 22 heavy (non-hydrogen) atoms. The van der Waals surface area contributed by atoms with Crippen LogP contribution in [0.5, 0.6) is 5.75 Å². The highest BCUT2D eigenvalue weighted by molar-refractivity contribution is 5.87. The van der Waals surface area contributed by atoms with E-state index in [9.17, 15) is 9.90 Å². The van der Waals surface area contributed by atoms with E-state index >= 15 is 0 Å². The number of rotatable bonds is 1. The maximum Gasteiger partial charge on any atom is 0.139 e. The second-order valence-electron chi connectivity index (χ2n) is 8.05. The van der Waals surface area contributed by atoms with E-state index in [4.69, 9.17) is 0 Å². The number of Topliss-reactive ketones (excluding diaryl/α,β-unsaturated/α-hetero) is 1. The zero-order valence-electron chi connectivity index (χ0n) is 14.2. The third kappa shape index (κ3) is 1.96. The maximum absolute atomic E-state index is 12.4. The highest BCUT2D eigenvalue weighted by Crippen LogP contribution is 2.55. The zero-order chi connectivity index (χ0) is 16.3. The van der Waals surface area contributed by atoms with E-state index in [1.807, 2.05) is 6.07 Å². The Balaban J connectivity index is 2.18. The van der Waals surface area contributed by atoms with Crippen LogP contribution < -0.4 is 0 Å². The zero-order valence-corrected chi connectivity index (χ0v) is 14.2. The SMILES string of the molecule is CC(C)c1cc2c(cc1O)C1(C)CCC(=O)C(C)(C)C1C=C2. The van der Waals surface area contributed by atoms with Crippen molar-refractivity contribution in [3.63, 3.8) is 0 Å². The molecule has 2 aliphatic rings. The van der Waals surface area contributed by atoms with E-state index < -0.39 is 0 Å².